The number of ether oxygens (including phenoxy) is 2. The van der Waals surface area contributed by atoms with Crippen molar-refractivity contribution < 1.29 is 9.47 Å². The van der Waals surface area contributed by atoms with Crippen LogP contribution in [-0.4, -0.2) is 18.3 Å². The standard InChI is InChI=1S/C16H24ClNO2/c1-15(2)9-12(16(3,4)20-15)14(18)11-8-10(17)6-7-13(11)19-5/h6-8,12,14H,9,18H2,1-5H3. The number of hydrogen-bond donors (Lipinski definition) is 1. The summed E-state index contributed by atoms with van der Waals surface area (Å²) in [6, 6.07) is 5.41. The largest absolute Gasteiger partial charge is 0.496 e. The van der Waals surface area contributed by atoms with Crippen LogP contribution in [0.2, 0.25) is 5.02 Å². The van der Waals surface area contributed by atoms with E-state index >= 15 is 0 Å². The van der Waals surface area contributed by atoms with Crippen LogP contribution in [0.3, 0.4) is 0 Å². The highest BCUT2D eigenvalue weighted by atomic mass is 35.5. The van der Waals surface area contributed by atoms with E-state index in [4.69, 9.17) is 26.8 Å². The van der Waals surface area contributed by atoms with Gasteiger partial charge in [-0.2, -0.15) is 0 Å². The van der Waals surface area contributed by atoms with Crippen LogP contribution in [0.25, 0.3) is 0 Å². The maximum Gasteiger partial charge on any atom is 0.123 e. The molecule has 0 spiro atoms. The molecule has 0 aliphatic carbocycles. The summed E-state index contributed by atoms with van der Waals surface area (Å²) in [4.78, 5) is 0. The third-order valence-corrected chi connectivity index (χ3v) is 4.36. The third-order valence-electron chi connectivity index (χ3n) is 4.13. The first kappa shape index (κ1) is 15.6. The summed E-state index contributed by atoms with van der Waals surface area (Å²) in [6.07, 6.45) is 0.914. The van der Waals surface area contributed by atoms with Gasteiger partial charge in [-0.1, -0.05) is 11.6 Å². The molecule has 3 nitrogen and oxygen atoms in total. The Hall–Kier alpha value is -0.770. The van der Waals surface area contributed by atoms with Crippen LogP contribution in [0.5, 0.6) is 5.75 Å². The molecule has 4 heteroatoms. The van der Waals surface area contributed by atoms with Crippen molar-refractivity contribution in [3.05, 3.63) is 28.8 Å². The summed E-state index contributed by atoms with van der Waals surface area (Å²) in [5.41, 5.74) is 7.04. The predicted molar refractivity (Wildman–Crippen MR) is 82.3 cm³/mol. The smallest absolute Gasteiger partial charge is 0.123 e. The normalized spacial score (nSPS) is 25.4. The highest BCUT2D eigenvalue weighted by Gasteiger charge is 2.48. The van der Waals surface area contributed by atoms with E-state index in [0.29, 0.717) is 5.02 Å². The summed E-state index contributed by atoms with van der Waals surface area (Å²) >= 11 is 6.11. The highest BCUT2D eigenvalue weighted by Crippen LogP contribution is 2.48. The minimum absolute atomic E-state index is 0.155. The van der Waals surface area contributed by atoms with Crippen LogP contribution in [-0.2, 0) is 4.74 Å². The van der Waals surface area contributed by atoms with Gasteiger partial charge in [0.05, 0.1) is 18.3 Å². The first-order valence-electron chi connectivity index (χ1n) is 6.95. The molecule has 1 fully saturated rings. The summed E-state index contributed by atoms with van der Waals surface area (Å²) in [7, 11) is 1.65. The molecule has 2 rings (SSSR count). The molecule has 0 radical (unpaired) electrons. The van der Waals surface area contributed by atoms with Gasteiger partial charge in [0.25, 0.3) is 0 Å². The van der Waals surface area contributed by atoms with E-state index in [1.54, 1.807) is 7.11 Å². The minimum Gasteiger partial charge on any atom is -0.496 e. The minimum atomic E-state index is -0.268. The molecule has 1 saturated heterocycles. The molecule has 2 N–H and O–H groups in total. The topological polar surface area (TPSA) is 44.5 Å². The zero-order valence-corrected chi connectivity index (χ0v) is 13.6. The van der Waals surface area contributed by atoms with Crippen LogP contribution in [0.1, 0.15) is 45.7 Å². The van der Waals surface area contributed by atoms with Crippen LogP contribution in [0.4, 0.5) is 0 Å². The highest BCUT2D eigenvalue weighted by molar-refractivity contribution is 6.30. The molecule has 2 unspecified atom stereocenters. The number of halogens is 1. The van der Waals surface area contributed by atoms with E-state index in [2.05, 4.69) is 27.7 Å². The van der Waals surface area contributed by atoms with Crippen LogP contribution < -0.4 is 10.5 Å². The Morgan fingerprint density at radius 1 is 1.35 bits per heavy atom. The van der Waals surface area contributed by atoms with Gasteiger partial charge >= 0.3 is 0 Å². The fraction of sp³-hybridized carbons (Fsp3) is 0.625. The Morgan fingerprint density at radius 2 is 2.00 bits per heavy atom. The van der Waals surface area contributed by atoms with Gasteiger partial charge in [-0.25, -0.2) is 0 Å². The first-order valence-corrected chi connectivity index (χ1v) is 7.33. The summed E-state index contributed by atoms with van der Waals surface area (Å²) in [5.74, 6) is 0.993. The van der Waals surface area contributed by atoms with E-state index in [-0.39, 0.29) is 23.2 Å². The molecule has 2 atom stereocenters. The third kappa shape index (κ3) is 2.95. The van der Waals surface area contributed by atoms with Crippen LogP contribution >= 0.6 is 11.6 Å². The van der Waals surface area contributed by atoms with Crippen molar-refractivity contribution in [2.75, 3.05) is 7.11 Å². The fourth-order valence-electron chi connectivity index (χ4n) is 3.35. The average Bonchev–Trinajstić information content (AvgIpc) is 2.56. The number of methoxy groups -OCH3 is 1. The lowest BCUT2D eigenvalue weighted by Gasteiger charge is -2.31. The second kappa shape index (κ2) is 5.21. The molecular formula is C16H24ClNO2. The number of rotatable bonds is 3. The summed E-state index contributed by atoms with van der Waals surface area (Å²) < 4.78 is 11.6. The van der Waals surface area contributed by atoms with Gasteiger partial charge in [-0.15, -0.1) is 0 Å². The monoisotopic (exact) mass is 297 g/mol. The van der Waals surface area contributed by atoms with Gasteiger partial charge in [0.1, 0.15) is 5.75 Å². The van der Waals surface area contributed by atoms with Gasteiger partial charge in [0.15, 0.2) is 0 Å². The van der Waals surface area contributed by atoms with Gasteiger partial charge < -0.3 is 15.2 Å². The maximum absolute atomic E-state index is 6.52. The lowest BCUT2D eigenvalue weighted by Crippen LogP contribution is -2.36. The van der Waals surface area contributed by atoms with Crippen LogP contribution in [0, 0.1) is 5.92 Å². The molecule has 1 heterocycles. The summed E-state index contributed by atoms with van der Waals surface area (Å²) in [5, 5.41) is 0.673. The molecule has 1 aromatic rings. The van der Waals surface area contributed by atoms with Crippen molar-refractivity contribution in [1.29, 1.82) is 0 Å². The molecular weight excluding hydrogens is 274 g/mol. The Kier molecular flexibility index (Phi) is 4.07. The molecule has 1 aromatic carbocycles. The van der Waals surface area contributed by atoms with Crippen molar-refractivity contribution in [3.63, 3.8) is 0 Å². The first-order chi connectivity index (χ1) is 9.16. The zero-order valence-electron chi connectivity index (χ0n) is 12.9. The molecule has 0 bridgehead atoms. The van der Waals surface area contributed by atoms with Crippen molar-refractivity contribution in [2.24, 2.45) is 11.7 Å². The fourth-order valence-corrected chi connectivity index (χ4v) is 3.53. The average molecular weight is 298 g/mol. The van der Waals surface area contributed by atoms with Crippen LogP contribution in [0.15, 0.2) is 18.2 Å². The number of benzene rings is 1. The molecule has 0 amide bonds. The summed E-state index contributed by atoms with van der Waals surface area (Å²) in [6.45, 7) is 8.42. The van der Waals surface area contributed by atoms with E-state index in [1.807, 2.05) is 18.2 Å². The van der Waals surface area contributed by atoms with Gasteiger partial charge in [-0.05, 0) is 52.3 Å². The molecule has 1 aliphatic heterocycles. The van der Waals surface area contributed by atoms with Gasteiger partial charge in [-0.3, -0.25) is 0 Å². The number of nitrogens with two attached hydrogens (primary N) is 1. The predicted octanol–water partition coefficient (Wildman–Crippen LogP) is 3.94. The van der Waals surface area contributed by atoms with E-state index < -0.39 is 0 Å². The van der Waals surface area contributed by atoms with Gasteiger partial charge in [0.2, 0.25) is 0 Å². The lowest BCUT2D eigenvalue weighted by atomic mass is 9.79. The van der Waals surface area contributed by atoms with Gasteiger partial charge in [0, 0.05) is 22.5 Å². The van der Waals surface area contributed by atoms with E-state index in [1.165, 1.54) is 0 Å². The van der Waals surface area contributed by atoms with Crippen molar-refractivity contribution in [3.8, 4) is 5.75 Å². The molecule has 1 aliphatic rings. The van der Waals surface area contributed by atoms with E-state index in [9.17, 15) is 0 Å². The molecule has 20 heavy (non-hydrogen) atoms. The second-order valence-electron chi connectivity index (χ2n) is 6.69. The Morgan fingerprint density at radius 3 is 2.50 bits per heavy atom. The molecule has 112 valence electrons. The molecule has 0 aromatic heterocycles. The Bertz CT molecular complexity index is 499. The zero-order chi connectivity index (χ0) is 15.1. The maximum atomic E-state index is 6.52. The quantitative estimate of drug-likeness (QED) is 0.919. The SMILES string of the molecule is COc1ccc(Cl)cc1C(N)C1CC(C)(C)OC1(C)C. The lowest BCUT2D eigenvalue weighted by molar-refractivity contribution is -0.0767. The van der Waals surface area contributed by atoms with Crippen molar-refractivity contribution in [2.45, 2.75) is 51.4 Å². The molecule has 0 saturated carbocycles. The van der Waals surface area contributed by atoms with Crippen molar-refractivity contribution >= 4 is 11.6 Å². The Balaban J connectivity index is 2.36. The van der Waals surface area contributed by atoms with E-state index in [0.717, 1.165) is 17.7 Å². The van der Waals surface area contributed by atoms with Crippen molar-refractivity contribution in [1.82, 2.24) is 0 Å². The second-order valence-corrected chi connectivity index (χ2v) is 7.12. The number of hydrogen-bond acceptors (Lipinski definition) is 3. The Labute approximate surface area is 126 Å².